The number of Topliss-reactive ketones (excluding diaryl/α,β-unsaturated/α-hetero) is 1. The zero-order valence-electron chi connectivity index (χ0n) is 10.9. The zero-order valence-corrected chi connectivity index (χ0v) is 10.9. The molecular formula is C15H20O4. The van der Waals surface area contributed by atoms with Gasteiger partial charge in [-0.25, -0.2) is 0 Å². The monoisotopic (exact) mass is 264 g/mol. The Morgan fingerprint density at radius 2 is 1.74 bits per heavy atom. The van der Waals surface area contributed by atoms with E-state index in [4.69, 9.17) is 5.11 Å². The number of benzene rings is 1. The maximum absolute atomic E-state index is 11.8. The van der Waals surface area contributed by atoms with Gasteiger partial charge in [-0.15, -0.1) is 0 Å². The molecule has 4 heteroatoms. The highest BCUT2D eigenvalue weighted by Gasteiger charge is 2.09. The van der Waals surface area contributed by atoms with E-state index >= 15 is 0 Å². The Labute approximate surface area is 113 Å². The van der Waals surface area contributed by atoms with Crippen LogP contribution in [0.1, 0.15) is 48.9 Å². The van der Waals surface area contributed by atoms with Gasteiger partial charge in [0.15, 0.2) is 5.78 Å². The number of carbonyl (C=O) groups is 2. The Hall–Kier alpha value is -1.68. The lowest BCUT2D eigenvalue weighted by Gasteiger charge is -2.07. The van der Waals surface area contributed by atoms with Gasteiger partial charge in [-0.05, 0) is 12.8 Å². The van der Waals surface area contributed by atoms with Crippen molar-refractivity contribution in [1.82, 2.24) is 0 Å². The van der Waals surface area contributed by atoms with Crippen molar-refractivity contribution in [3.05, 3.63) is 35.9 Å². The molecule has 0 saturated heterocycles. The summed E-state index contributed by atoms with van der Waals surface area (Å²) in [7, 11) is 0. The van der Waals surface area contributed by atoms with Crippen molar-refractivity contribution < 1.29 is 19.8 Å². The number of aliphatic hydroxyl groups is 1. The van der Waals surface area contributed by atoms with Crippen LogP contribution in [0.5, 0.6) is 0 Å². The fraction of sp³-hybridized carbons (Fsp3) is 0.467. The van der Waals surface area contributed by atoms with Crippen LogP contribution in [-0.4, -0.2) is 28.1 Å². The summed E-state index contributed by atoms with van der Waals surface area (Å²) in [4.78, 5) is 22.1. The normalized spacial score (nSPS) is 12.1. The van der Waals surface area contributed by atoms with Crippen LogP contribution in [0.4, 0.5) is 0 Å². The first kappa shape index (κ1) is 15.4. The molecule has 1 rings (SSSR count). The molecule has 0 spiro atoms. The molecule has 0 aromatic heterocycles. The second kappa shape index (κ2) is 8.43. The van der Waals surface area contributed by atoms with Gasteiger partial charge in [0.2, 0.25) is 0 Å². The van der Waals surface area contributed by atoms with Gasteiger partial charge in [0.25, 0.3) is 0 Å². The van der Waals surface area contributed by atoms with Crippen LogP contribution in [0, 0.1) is 0 Å². The average molecular weight is 264 g/mol. The predicted octanol–water partition coefficient (Wildman–Crippen LogP) is 2.66. The van der Waals surface area contributed by atoms with Gasteiger partial charge >= 0.3 is 5.97 Å². The molecule has 0 heterocycles. The third-order valence-electron chi connectivity index (χ3n) is 2.95. The number of aliphatic hydroxyl groups excluding tert-OH is 1. The van der Waals surface area contributed by atoms with E-state index in [1.807, 2.05) is 18.2 Å². The minimum absolute atomic E-state index is 0.131. The van der Waals surface area contributed by atoms with Crippen LogP contribution < -0.4 is 0 Å². The Balaban J connectivity index is 2.11. The quantitative estimate of drug-likeness (QED) is 0.531. The molecule has 0 bridgehead atoms. The van der Waals surface area contributed by atoms with E-state index in [1.54, 1.807) is 12.1 Å². The summed E-state index contributed by atoms with van der Waals surface area (Å²) in [6, 6.07) is 9.17. The van der Waals surface area contributed by atoms with Crippen LogP contribution in [0.3, 0.4) is 0 Å². The molecule has 1 atom stereocenters. The van der Waals surface area contributed by atoms with Crippen molar-refractivity contribution in [3.63, 3.8) is 0 Å². The van der Waals surface area contributed by atoms with Crippen molar-refractivity contribution in [2.24, 2.45) is 0 Å². The number of aliphatic carboxylic acids is 1. The summed E-state index contributed by atoms with van der Waals surface area (Å²) < 4.78 is 0. The fourth-order valence-corrected chi connectivity index (χ4v) is 1.91. The minimum atomic E-state index is -0.980. The molecule has 2 N–H and O–H groups in total. The van der Waals surface area contributed by atoms with Gasteiger partial charge in [0, 0.05) is 12.0 Å². The summed E-state index contributed by atoms with van der Waals surface area (Å²) in [5, 5.41) is 17.8. The van der Waals surface area contributed by atoms with E-state index in [-0.39, 0.29) is 12.2 Å². The fourth-order valence-electron chi connectivity index (χ4n) is 1.91. The molecule has 104 valence electrons. The first-order valence-corrected chi connectivity index (χ1v) is 6.57. The van der Waals surface area contributed by atoms with Gasteiger partial charge in [0.1, 0.15) is 0 Å². The predicted molar refractivity (Wildman–Crippen MR) is 72.1 cm³/mol. The van der Waals surface area contributed by atoms with Crippen LogP contribution >= 0.6 is 0 Å². The first-order chi connectivity index (χ1) is 9.09. The maximum Gasteiger partial charge on any atom is 0.305 e. The number of carboxylic acids is 1. The number of unbranched alkanes of at least 4 members (excludes halogenated alkanes) is 2. The highest BCUT2D eigenvalue weighted by molar-refractivity contribution is 5.95. The second-order valence-electron chi connectivity index (χ2n) is 4.64. The van der Waals surface area contributed by atoms with Crippen LogP contribution in [0.15, 0.2) is 30.3 Å². The lowest BCUT2D eigenvalue weighted by Crippen LogP contribution is -2.12. The van der Waals surface area contributed by atoms with E-state index in [9.17, 15) is 14.7 Å². The van der Waals surface area contributed by atoms with E-state index < -0.39 is 12.1 Å². The van der Waals surface area contributed by atoms with E-state index in [0.29, 0.717) is 12.8 Å². The molecule has 1 aromatic carbocycles. The summed E-state index contributed by atoms with van der Waals surface area (Å²) in [5.41, 5.74) is 0.730. The molecule has 1 aromatic rings. The van der Waals surface area contributed by atoms with Gasteiger partial charge in [-0.1, -0.05) is 43.2 Å². The molecule has 0 fully saturated rings. The number of rotatable bonds is 9. The Kier molecular flexibility index (Phi) is 6.82. The zero-order chi connectivity index (χ0) is 14.1. The highest BCUT2D eigenvalue weighted by Crippen LogP contribution is 2.11. The van der Waals surface area contributed by atoms with Crippen molar-refractivity contribution in [2.75, 3.05) is 0 Å². The molecule has 0 saturated carbocycles. The van der Waals surface area contributed by atoms with Gasteiger partial charge < -0.3 is 10.2 Å². The van der Waals surface area contributed by atoms with Crippen molar-refractivity contribution in [2.45, 2.75) is 44.6 Å². The van der Waals surface area contributed by atoms with E-state index in [1.165, 1.54) is 0 Å². The molecule has 0 aliphatic rings. The molecular weight excluding hydrogens is 244 g/mol. The number of ketones is 1. The molecule has 0 amide bonds. The van der Waals surface area contributed by atoms with Crippen LogP contribution in [-0.2, 0) is 4.79 Å². The van der Waals surface area contributed by atoms with E-state index in [2.05, 4.69) is 0 Å². The Morgan fingerprint density at radius 1 is 1.05 bits per heavy atom. The van der Waals surface area contributed by atoms with Crippen LogP contribution in [0.25, 0.3) is 0 Å². The number of hydrogen-bond acceptors (Lipinski definition) is 3. The first-order valence-electron chi connectivity index (χ1n) is 6.57. The Bertz CT molecular complexity index is 400. The minimum Gasteiger partial charge on any atom is -0.481 e. The largest absolute Gasteiger partial charge is 0.481 e. The molecule has 1 unspecified atom stereocenters. The van der Waals surface area contributed by atoms with Crippen LogP contribution in [0.2, 0.25) is 0 Å². The number of hydrogen-bond donors (Lipinski definition) is 2. The van der Waals surface area contributed by atoms with Gasteiger partial charge in [-0.3, -0.25) is 9.59 Å². The second-order valence-corrected chi connectivity index (χ2v) is 4.64. The van der Waals surface area contributed by atoms with Gasteiger partial charge in [-0.2, -0.15) is 0 Å². The lowest BCUT2D eigenvalue weighted by molar-refractivity contribution is -0.139. The third kappa shape index (κ3) is 6.72. The topological polar surface area (TPSA) is 74.6 Å². The van der Waals surface area contributed by atoms with Crippen molar-refractivity contribution in [3.8, 4) is 0 Å². The Morgan fingerprint density at radius 3 is 2.37 bits per heavy atom. The molecule has 0 radical (unpaired) electrons. The summed E-state index contributed by atoms with van der Waals surface area (Å²) in [6.45, 7) is 0. The van der Waals surface area contributed by atoms with E-state index in [0.717, 1.165) is 24.8 Å². The summed E-state index contributed by atoms with van der Waals surface area (Å²) >= 11 is 0. The number of carboxylic acid groups (broad SMARTS) is 1. The smallest absolute Gasteiger partial charge is 0.305 e. The standard InChI is InChI=1S/C15H20O4/c16-13(11-15(18)19)9-5-2-6-10-14(17)12-7-3-1-4-8-12/h1,3-4,7-8,13,16H,2,5-6,9-11H2,(H,18,19). The maximum atomic E-state index is 11.8. The number of carbonyl (C=O) groups excluding carboxylic acids is 1. The third-order valence-corrected chi connectivity index (χ3v) is 2.95. The molecule has 19 heavy (non-hydrogen) atoms. The van der Waals surface area contributed by atoms with Gasteiger partial charge in [0.05, 0.1) is 12.5 Å². The summed E-state index contributed by atoms with van der Waals surface area (Å²) in [6.07, 6.45) is 2.34. The highest BCUT2D eigenvalue weighted by atomic mass is 16.4. The van der Waals surface area contributed by atoms with Crippen molar-refractivity contribution >= 4 is 11.8 Å². The average Bonchev–Trinajstić information content (AvgIpc) is 2.38. The lowest BCUT2D eigenvalue weighted by atomic mass is 10.0. The molecule has 0 aliphatic heterocycles. The summed E-state index contributed by atoms with van der Waals surface area (Å²) in [5.74, 6) is -0.849. The van der Waals surface area contributed by atoms with Crippen molar-refractivity contribution in [1.29, 1.82) is 0 Å². The SMILES string of the molecule is O=C(O)CC(O)CCCCCC(=O)c1ccccc1. The molecule has 0 aliphatic carbocycles. The molecule has 4 nitrogen and oxygen atoms in total.